The van der Waals surface area contributed by atoms with E-state index >= 15 is 0 Å². The number of nitrogens with two attached hydrogens (primary N) is 1. The molecule has 0 aliphatic carbocycles. The van der Waals surface area contributed by atoms with Gasteiger partial charge < -0.3 is 15.8 Å². The zero-order valence-electron chi connectivity index (χ0n) is 16.7. The largest absolute Gasteiger partial charge is 0.483 e. The molecule has 0 saturated carbocycles. The van der Waals surface area contributed by atoms with E-state index in [2.05, 4.69) is 21.2 Å². The number of hydrogen-bond acceptors (Lipinski definition) is 6. The number of carbonyl (C=O) groups excluding carboxylic acids is 4. The van der Waals surface area contributed by atoms with E-state index in [9.17, 15) is 19.2 Å². The Morgan fingerprint density at radius 1 is 1.25 bits per heavy atom. The second-order valence-electron chi connectivity index (χ2n) is 6.72. The molecule has 0 aromatic heterocycles. The van der Waals surface area contributed by atoms with E-state index in [4.69, 9.17) is 22.1 Å². The minimum absolute atomic E-state index is 0.174. The van der Waals surface area contributed by atoms with E-state index in [0.29, 0.717) is 26.5 Å². The molecule has 0 atom stereocenters. The summed E-state index contributed by atoms with van der Waals surface area (Å²) in [6, 6.07) is 10.2. The second-order valence-corrected chi connectivity index (χ2v) is 8.98. The number of benzene rings is 2. The summed E-state index contributed by atoms with van der Waals surface area (Å²) in [6.07, 6.45) is 1.52. The van der Waals surface area contributed by atoms with Crippen LogP contribution in [0.5, 0.6) is 5.75 Å². The number of anilines is 1. The van der Waals surface area contributed by atoms with E-state index in [-0.39, 0.29) is 17.4 Å². The van der Waals surface area contributed by atoms with Crippen molar-refractivity contribution in [3.8, 4) is 5.75 Å². The van der Waals surface area contributed by atoms with Gasteiger partial charge in [0.15, 0.2) is 6.61 Å². The summed E-state index contributed by atoms with van der Waals surface area (Å²) in [5.74, 6) is -1.29. The van der Waals surface area contributed by atoms with Crippen molar-refractivity contribution in [2.75, 3.05) is 18.5 Å². The normalized spacial score (nSPS) is 14.7. The van der Waals surface area contributed by atoms with Gasteiger partial charge in [0.2, 0.25) is 5.91 Å². The summed E-state index contributed by atoms with van der Waals surface area (Å²) in [6.45, 7) is 1.18. The summed E-state index contributed by atoms with van der Waals surface area (Å²) < 4.78 is 6.10. The Balaban J connectivity index is 1.62. The number of thioether (sulfide) groups is 1. The van der Waals surface area contributed by atoms with Crippen LogP contribution in [-0.4, -0.2) is 41.0 Å². The number of halogens is 2. The molecule has 3 N–H and O–H groups in total. The summed E-state index contributed by atoms with van der Waals surface area (Å²) in [4.78, 5) is 48.3. The van der Waals surface area contributed by atoms with Crippen molar-refractivity contribution >= 4 is 74.0 Å². The van der Waals surface area contributed by atoms with Gasteiger partial charge in [0, 0.05) is 10.7 Å². The molecule has 2 aromatic rings. The van der Waals surface area contributed by atoms with Crippen molar-refractivity contribution in [1.29, 1.82) is 0 Å². The van der Waals surface area contributed by atoms with Gasteiger partial charge in [0.1, 0.15) is 12.3 Å². The number of amides is 4. The van der Waals surface area contributed by atoms with E-state index < -0.39 is 23.6 Å². The van der Waals surface area contributed by atoms with Gasteiger partial charge in [-0.2, -0.15) is 0 Å². The Kier molecular flexibility index (Phi) is 7.60. The van der Waals surface area contributed by atoms with Crippen LogP contribution in [0.4, 0.5) is 10.5 Å². The van der Waals surface area contributed by atoms with Crippen LogP contribution in [0.1, 0.15) is 11.1 Å². The topological polar surface area (TPSA) is 119 Å². The van der Waals surface area contributed by atoms with Crippen molar-refractivity contribution < 1.29 is 23.9 Å². The first-order valence-corrected chi connectivity index (χ1v) is 11.1. The molecule has 8 nitrogen and oxygen atoms in total. The molecule has 0 radical (unpaired) electrons. The van der Waals surface area contributed by atoms with Crippen LogP contribution in [0.2, 0.25) is 5.02 Å². The highest BCUT2D eigenvalue weighted by molar-refractivity contribution is 9.10. The fourth-order valence-corrected chi connectivity index (χ4v) is 4.21. The predicted molar refractivity (Wildman–Crippen MR) is 126 cm³/mol. The van der Waals surface area contributed by atoms with Crippen LogP contribution >= 0.6 is 39.3 Å². The molecule has 0 bridgehead atoms. The van der Waals surface area contributed by atoms with Gasteiger partial charge in [-0.1, -0.05) is 23.7 Å². The molecule has 1 fully saturated rings. The van der Waals surface area contributed by atoms with Crippen LogP contribution in [0.3, 0.4) is 0 Å². The van der Waals surface area contributed by atoms with Crippen molar-refractivity contribution in [3.63, 3.8) is 0 Å². The lowest BCUT2D eigenvalue weighted by Crippen LogP contribution is -2.36. The molecule has 3 rings (SSSR count). The SMILES string of the molecule is Cc1ccc(NC(=O)COc2ccc(/C=C3\SC(=O)N(CC(N)=O)C3=O)cc2Br)cc1Cl. The van der Waals surface area contributed by atoms with Gasteiger partial charge in [-0.05, 0) is 76.1 Å². The van der Waals surface area contributed by atoms with Crippen LogP contribution < -0.4 is 15.8 Å². The fraction of sp³-hybridized carbons (Fsp3) is 0.143. The molecule has 1 aliphatic rings. The highest BCUT2D eigenvalue weighted by Gasteiger charge is 2.35. The first kappa shape index (κ1) is 23.8. The van der Waals surface area contributed by atoms with Crippen LogP contribution in [0, 0.1) is 6.92 Å². The molecule has 1 heterocycles. The maximum atomic E-state index is 12.3. The summed E-state index contributed by atoms with van der Waals surface area (Å²) in [7, 11) is 0. The third-order valence-electron chi connectivity index (χ3n) is 4.26. The Morgan fingerprint density at radius 3 is 2.66 bits per heavy atom. The van der Waals surface area contributed by atoms with Gasteiger partial charge in [-0.15, -0.1) is 0 Å². The minimum atomic E-state index is -0.771. The van der Waals surface area contributed by atoms with Crippen LogP contribution in [-0.2, 0) is 14.4 Å². The molecule has 4 amide bonds. The first-order valence-electron chi connectivity index (χ1n) is 9.16. The fourth-order valence-electron chi connectivity index (χ4n) is 2.68. The number of hydrogen-bond donors (Lipinski definition) is 2. The Morgan fingerprint density at radius 2 is 2.00 bits per heavy atom. The molecule has 0 unspecified atom stereocenters. The van der Waals surface area contributed by atoms with E-state index in [1.807, 2.05) is 6.92 Å². The van der Waals surface area contributed by atoms with E-state index in [1.165, 1.54) is 6.08 Å². The maximum Gasteiger partial charge on any atom is 0.294 e. The van der Waals surface area contributed by atoms with E-state index in [1.54, 1.807) is 36.4 Å². The molecular weight excluding hydrogens is 522 g/mol. The lowest BCUT2D eigenvalue weighted by atomic mass is 10.2. The number of ether oxygens (including phenoxy) is 1. The highest BCUT2D eigenvalue weighted by atomic mass is 79.9. The first-order chi connectivity index (χ1) is 15.1. The number of aryl methyl sites for hydroxylation is 1. The van der Waals surface area contributed by atoms with Gasteiger partial charge >= 0.3 is 0 Å². The molecule has 11 heteroatoms. The molecule has 0 spiro atoms. The van der Waals surface area contributed by atoms with Gasteiger partial charge in [0.25, 0.3) is 17.1 Å². The van der Waals surface area contributed by atoms with Crippen LogP contribution in [0.15, 0.2) is 45.8 Å². The highest BCUT2D eigenvalue weighted by Crippen LogP contribution is 2.33. The van der Waals surface area contributed by atoms with Crippen molar-refractivity contribution in [2.45, 2.75) is 6.92 Å². The number of carbonyl (C=O) groups is 4. The minimum Gasteiger partial charge on any atom is -0.483 e. The number of imide groups is 1. The van der Waals surface area contributed by atoms with Crippen molar-refractivity contribution in [3.05, 3.63) is 61.9 Å². The zero-order chi connectivity index (χ0) is 23.4. The van der Waals surface area contributed by atoms with Crippen molar-refractivity contribution in [1.82, 2.24) is 4.90 Å². The zero-order valence-corrected chi connectivity index (χ0v) is 19.8. The number of nitrogens with one attached hydrogen (secondary N) is 1. The maximum absolute atomic E-state index is 12.3. The van der Waals surface area contributed by atoms with Crippen molar-refractivity contribution in [2.24, 2.45) is 5.73 Å². The van der Waals surface area contributed by atoms with Gasteiger partial charge in [-0.3, -0.25) is 24.1 Å². The lowest BCUT2D eigenvalue weighted by molar-refractivity contribution is -0.127. The molecule has 1 saturated heterocycles. The Hall–Kier alpha value is -2.82. The van der Waals surface area contributed by atoms with Gasteiger partial charge in [-0.25, -0.2) is 0 Å². The lowest BCUT2D eigenvalue weighted by Gasteiger charge is -2.10. The molecule has 2 aromatic carbocycles. The summed E-state index contributed by atoms with van der Waals surface area (Å²) in [5, 5.41) is 2.70. The van der Waals surface area contributed by atoms with Crippen LogP contribution in [0.25, 0.3) is 6.08 Å². The molecule has 166 valence electrons. The average Bonchev–Trinajstić information content (AvgIpc) is 2.97. The molecule has 1 aliphatic heterocycles. The predicted octanol–water partition coefficient (Wildman–Crippen LogP) is 3.95. The number of primary amides is 1. The Labute approximate surface area is 201 Å². The molecule has 32 heavy (non-hydrogen) atoms. The van der Waals surface area contributed by atoms with Gasteiger partial charge in [0.05, 0.1) is 9.38 Å². The average molecular weight is 539 g/mol. The smallest absolute Gasteiger partial charge is 0.294 e. The standard InChI is InChI=1S/C21H17BrClN3O5S/c1-11-2-4-13(8-15(11)23)25-19(28)10-31-16-5-3-12(6-14(16)22)7-17-20(29)26(9-18(24)27)21(30)32-17/h2-8H,9-10H2,1H3,(H2,24,27)(H,25,28)/b17-7-. The molecular formula is C21H17BrClN3O5S. The Bertz CT molecular complexity index is 1150. The third kappa shape index (κ3) is 5.90. The number of nitrogens with zero attached hydrogens (tertiary/aromatic N) is 1. The monoisotopic (exact) mass is 537 g/mol. The van der Waals surface area contributed by atoms with E-state index in [0.717, 1.165) is 22.2 Å². The number of rotatable bonds is 7. The summed E-state index contributed by atoms with van der Waals surface area (Å²) >= 11 is 10.2. The second kappa shape index (κ2) is 10.2. The quantitative estimate of drug-likeness (QED) is 0.515. The summed E-state index contributed by atoms with van der Waals surface area (Å²) in [5.41, 5.74) is 7.16. The third-order valence-corrected chi connectivity index (χ3v) is 6.19.